The highest BCUT2D eigenvalue weighted by molar-refractivity contribution is 9.09. The molecule has 0 unspecified atom stereocenters. The van der Waals surface area contributed by atoms with Gasteiger partial charge in [0.25, 0.3) is 0 Å². The number of amides is 1. The van der Waals surface area contributed by atoms with Crippen molar-refractivity contribution in [3.8, 4) is 0 Å². The molecule has 0 aromatic carbocycles. The molecule has 4 nitrogen and oxygen atoms in total. The molecule has 0 spiro atoms. The summed E-state index contributed by atoms with van der Waals surface area (Å²) >= 11 is 3.20. The SMILES string of the molecule is COCCN(CCBr)C(=O)CCOCC(F)(F)F. The molecular weight excluding hydrogens is 319 g/mol. The molecular formula is C10H17BrF3NO3. The Labute approximate surface area is 113 Å². The minimum Gasteiger partial charge on any atom is -0.383 e. The van der Waals surface area contributed by atoms with Gasteiger partial charge in [0.1, 0.15) is 6.61 Å². The van der Waals surface area contributed by atoms with E-state index in [4.69, 9.17) is 4.74 Å². The number of carbonyl (C=O) groups is 1. The molecule has 0 saturated carbocycles. The minimum absolute atomic E-state index is 0.0627. The zero-order valence-corrected chi connectivity index (χ0v) is 11.7. The summed E-state index contributed by atoms with van der Waals surface area (Å²) in [4.78, 5) is 13.2. The summed E-state index contributed by atoms with van der Waals surface area (Å²) in [6.07, 6.45) is -4.42. The summed E-state index contributed by atoms with van der Waals surface area (Å²) in [5, 5.41) is 0.603. The van der Waals surface area contributed by atoms with Crippen molar-refractivity contribution in [3.05, 3.63) is 0 Å². The van der Waals surface area contributed by atoms with E-state index in [0.717, 1.165) is 0 Å². The van der Waals surface area contributed by atoms with Gasteiger partial charge in [0.05, 0.1) is 19.6 Å². The van der Waals surface area contributed by atoms with Crippen LogP contribution in [0.4, 0.5) is 13.2 Å². The van der Waals surface area contributed by atoms with Gasteiger partial charge >= 0.3 is 6.18 Å². The highest BCUT2D eigenvalue weighted by Gasteiger charge is 2.27. The Morgan fingerprint density at radius 1 is 1.28 bits per heavy atom. The maximum absolute atomic E-state index is 11.8. The third-order valence-corrected chi connectivity index (χ3v) is 2.35. The van der Waals surface area contributed by atoms with E-state index in [-0.39, 0.29) is 18.9 Å². The number of hydrogen-bond donors (Lipinski definition) is 0. The number of alkyl halides is 4. The fourth-order valence-electron chi connectivity index (χ4n) is 1.17. The third-order valence-electron chi connectivity index (χ3n) is 2.00. The van der Waals surface area contributed by atoms with Crippen molar-refractivity contribution in [2.45, 2.75) is 12.6 Å². The van der Waals surface area contributed by atoms with Crippen LogP contribution in [0.25, 0.3) is 0 Å². The maximum Gasteiger partial charge on any atom is 0.411 e. The highest BCUT2D eigenvalue weighted by Crippen LogP contribution is 2.14. The molecule has 0 atom stereocenters. The van der Waals surface area contributed by atoms with Crippen molar-refractivity contribution in [1.29, 1.82) is 0 Å². The maximum atomic E-state index is 11.8. The lowest BCUT2D eigenvalue weighted by molar-refractivity contribution is -0.175. The van der Waals surface area contributed by atoms with E-state index in [1.54, 1.807) is 0 Å². The first kappa shape index (κ1) is 17.7. The summed E-state index contributed by atoms with van der Waals surface area (Å²) in [5.41, 5.74) is 0. The van der Waals surface area contributed by atoms with Crippen molar-refractivity contribution < 1.29 is 27.4 Å². The van der Waals surface area contributed by atoms with Gasteiger partial charge in [0.15, 0.2) is 0 Å². The normalized spacial score (nSPS) is 11.6. The van der Waals surface area contributed by atoms with Crippen LogP contribution in [0.2, 0.25) is 0 Å². The van der Waals surface area contributed by atoms with Crippen LogP contribution in [-0.2, 0) is 14.3 Å². The van der Waals surface area contributed by atoms with Crippen molar-refractivity contribution in [2.24, 2.45) is 0 Å². The average Bonchev–Trinajstić information content (AvgIpc) is 2.28. The quantitative estimate of drug-likeness (QED) is 0.476. The standard InChI is InChI=1S/C10H17BrF3NO3/c1-17-7-5-15(4-3-11)9(16)2-6-18-8-10(12,13)14/h2-8H2,1H3. The Hall–Kier alpha value is -0.340. The molecule has 8 heteroatoms. The van der Waals surface area contributed by atoms with Crippen LogP contribution in [0.15, 0.2) is 0 Å². The molecule has 0 fully saturated rings. The molecule has 0 heterocycles. The van der Waals surface area contributed by atoms with E-state index in [1.165, 1.54) is 12.0 Å². The summed E-state index contributed by atoms with van der Waals surface area (Å²) in [7, 11) is 1.52. The second-order valence-electron chi connectivity index (χ2n) is 3.48. The first-order chi connectivity index (χ1) is 8.40. The fraction of sp³-hybridized carbons (Fsp3) is 0.900. The van der Waals surface area contributed by atoms with Gasteiger partial charge in [0.2, 0.25) is 5.91 Å². The van der Waals surface area contributed by atoms with Crippen LogP contribution in [0, 0.1) is 0 Å². The van der Waals surface area contributed by atoms with Crippen LogP contribution in [0.1, 0.15) is 6.42 Å². The minimum atomic E-state index is -4.35. The van der Waals surface area contributed by atoms with E-state index in [0.29, 0.717) is 25.0 Å². The molecule has 18 heavy (non-hydrogen) atoms. The van der Waals surface area contributed by atoms with Crippen molar-refractivity contribution in [1.82, 2.24) is 4.90 Å². The average molecular weight is 336 g/mol. The molecule has 0 radical (unpaired) electrons. The van der Waals surface area contributed by atoms with E-state index >= 15 is 0 Å². The van der Waals surface area contributed by atoms with E-state index in [9.17, 15) is 18.0 Å². The van der Waals surface area contributed by atoms with Gasteiger partial charge in [-0.05, 0) is 0 Å². The predicted octanol–water partition coefficient (Wildman–Crippen LogP) is 1.83. The number of hydrogen-bond acceptors (Lipinski definition) is 3. The lowest BCUT2D eigenvalue weighted by Crippen LogP contribution is -2.36. The van der Waals surface area contributed by atoms with Crippen molar-refractivity contribution in [3.63, 3.8) is 0 Å². The van der Waals surface area contributed by atoms with Gasteiger partial charge in [-0.1, -0.05) is 15.9 Å². The number of nitrogens with zero attached hydrogens (tertiary/aromatic N) is 1. The van der Waals surface area contributed by atoms with Crippen molar-refractivity contribution in [2.75, 3.05) is 45.4 Å². The Morgan fingerprint density at radius 3 is 2.44 bits per heavy atom. The van der Waals surface area contributed by atoms with Gasteiger partial charge in [0, 0.05) is 25.5 Å². The number of methoxy groups -OCH3 is 1. The van der Waals surface area contributed by atoms with Crippen LogP contribution < -0.4 is 0 Å². The molecule has 0 rings (SSSR count). The number of carbonyl (C=O) groups excluding carboxylic acids is 1. The first-order valence-corrected chi connectivity index (χ1v) is 6.50. The van der Waals surface area contributed by atoms with Crippen LogP contribution in [-0.4, -0.2) is 62.3 Å². The number of ether oxygens (including phenoxy) is 2. The molecule has 0 aliphatic rings. The number of rotatable bonds is 9. The van der Waals surface area contributed by atoms with Gasteiger partial charge in [-0.15, -0.1) is 0 Å². The predicted molar refractivity (Wildman–Crippen MR) is 63.7 cm³/mol. The van der Waals surface area contributed by atoms with Gasteiger partial charge in [-0.2, -0.15) is 13.2 Å². The fourth-order valence-corrected chi connectivity index (χ4v) is 1.60. The molecule has 0 aromatic rings. The molecule has 108 valence electrons. The smallest absolute Gasteiger partial charge is 0.383 e. The van der Waals surface area contributed by atoms with Crippen LogP contribution in [0.5, 0.6) is 0 Å². The molecule has 0 saturated heterocycles. The first-order valence-electron chi connectivity index (χ1n) is 5.38. The van der Waals surface area contributed by atoms with Crippen molar-refractivity contribution >= 4 is 21.8 Å². The lowest BCUT2D eigenvalue weighted by Gasteiger charge is -2.21. The summed E-state index contributed by atoms with van der Waals surface area (Å²) in [5.74, 6) is -0.242. The molecule has 1 amide bonds. The lowest BCUT2D eigenvalue weighted by atomic mass is 10.3. The third kappa shape index (κ3) is 9.67. The number of halogens is 4. The van der Waals surface area contributed by atoms with E-state index < -0.39 is 12.8 Å². The monoisotopic (exact) mass is 335 g/mol. The Balaban J connectivity index is 3.87. The van der Waals surface area contributed by atoms with Crippen LogP contribution >= 0.6 is 15.9 Å². The molecule has 0 N–H and O–H groups in total. The van der Waals surface area contributed by atoms with Gasteiger partial charge in [-0.3, -0.25) is 4.79 Å². The van der Waals surface area contributed by atoms with Gasteiger partial charge < -0.3 is 14.4 Å². The molecule has 0 bridgehead atoms. The largest absolute Gasteiger partial charge is 0.411 e. The Morgan fingerprint density at radius 2 is 1.94 bits per heavy atom. The molecule has 0 aliphatic heterocycles. The second kappa shape index (κ2) is 9.57. The van der Waals surface area contributed by atoms with E-state index in [1.807, 2.05) is 0 Å². The second-order valence-corrected chi connectivity index (χ2v) is 4.27. The zero-order chi connectivity index (χ0) is 14.0. The molecule has 0 aromatic heterocycles. The zero-order valence-electron chi connectivity index (χ0n) is 10.1. The summed E-state index contributed by atoms with van der Waals surface area (Å²) < 4.78 is 44.6. The van der Waals surface area contributed by atoms with E-state index in [2.05, 4.69) is 20.7 Å². The van der Waals surface area contributed by atoms with Crippen LogP contribution in [0.3, 0.4) is 0 Å². The highest BCUT2D eigenvalue weighted by atomic mass is 79.9. The Bertz CT molecular complexity index is 239. The topological polar surface area (TPSA) is 38.8 Å². The Kier molecular flexibility index (Phi) is 9.39. The van der Waals surface area contributed by atoms with Gasteiger partial charge in [-0.25, -0.2) is 0 Å². The summed E-state index contributed by atoms with van der Waals surface area (Å²) in [6, 6.07) is 0. The molecule has 0 aliphatic carbocycles. The summed E-state index contributed by atoms with van der Waals surface area (Å²) in [6.45, 7) is -0.259.